The van der Waals surface area contributed by atoms with Crippen LogP contribution in [0.5, 0.6) is 0 Å². The van der Waals surface area contributed by atoms with Crippen LogP contribution in [-0.2, 0) is 30.7 Å². The van der Waals surface area contributed by atoms with E-state index in [2.05, 4.69) is 5.32 Å². The number of halogens is 5. The smallest absolute Gasteiger partial charge is 0.419 e. The molecule has 0 radical (unpaired) electrons. The van der Waals surface area contributed by atoms with Crippen molar-refractivity contribution in [1.29, 1.82) is 0 Å². The second-order valence-electron chi connectivity index (χ2n) is 10.1. The fourth-order valence-corrected chi connectivity index (χ4v) is 3.76. The molecule has 2 rings (SSSR count). The van der Waals surface area contributed by atoms with Crippen molar-refractivity contribution in [3.05, 3.63) is 28.8 Å². The molecule has 0 saturated carbocycles. The minimum atomic E-state index is -5.16. The third kappa shape index (κ3) is 5.67. The zero-order valence-corrected chi connectivity index (χ0v) is 20.1. The Morgan fingerprint density at radius 1 is 1.15 bits per heavy atom. The molecule has 1 heterocycles. The van der Waals surface area contributed by atoms with Crippen LogP contribution in [0.3, 0.4) is 0 Å². The first-order chi connectivity index (χ1) is 15.3. The topological polar surface area (TPSA) is 75.7 Å². The van der Waals surface area contributed by atoms with Gasteiger partial charge in [0.2, 0.25) is 11.8 Å². The number of esters is 1. The number of ether oxygens (including phenoxy) is 1. The van der Waals surface area contributed by atoms with Gasteiger partial charge >= 0.3 is 12.1 Å². The summed E-state index contributed by atoms with van der Waals surface area (Å²) in [5.74, 6) is -5.69. The Kier molecular flexibility index (Phi) is 7.40. The first-order valence-electron chi connectivity index (χ1n) is 10.7. The predicted molar refractivity (Wildman–Crippen MR) is 114 cm³/mol. The molecule has 2 amide bonds. The number of hydrogen-bond donors (Lipinski definition) is 1. The molecule has 190 valence electrons. The summed E-state index contributed by atoms with van der Waals surface area (Å²) >= 11 is 0. The molecule has 1 aromatic carbocycles. The van der Waals surface area contributed by atoms with Gasteiger partial charge in [0.05, 0.1) is 23.1 Å². The zero-order valence-electron chi connectivity index (χ0n) is 20.1. The lowest BCUT2D eigenvalue weighted by molar-refractivity contribution is -0.156. The fraction of sp³-hybridized carbons (Fsp3) is 0.609. The van der Waals surface area contributed by atoms with E-state index >= 15 is 0 Å². The third-order valence-electron chi connectivity index (χ3n) is 5.62. The number of hydrogen-bond acceptors (Lipinski definition) is 4. The van der Waals surface area contributed by atoms with E-state index < -0.39 is 76.0 Å². The number of carbonyl (C=O) groups is 3. The van der Waals surface area contributed by atoms with Gasteiger partial charge in [-0.2, -0.15) is 13.2 Å². The number of rotatable bonds is 6. The van der Waals surface area contributed by atoms with E-state index in [-0.39, 0.29) is 18.4 Å². The summed E-state index contributed by atoms with van der Waals surface area (Å²) in [5.41, 5.74) is -5.75. The van der Waals surface area contributed by atoms with E-state index in [0.717, 1.165) is 0 Å². The molecule has 1 N–H and O–H groups in total. The highest BCUT2D eigenvalue weighted by Crippen LogP contribution is 2.47. The van der Waals surface area contributed by atoms with Crippen molar-refractivity contribution in [3.63, 3.8) is 0 Å². The quantitative estimate of drug-likeness (QED) is 0.469. The molecule has 1 aliphatic heterocycles. The summed E-state index contributed by atoms with van der Waals surface area (Å²) in [4.78, 5) is 38.1. The van der Waals surface area contributed by atoms with E-state index in [9.17, 15) is 36.3 Å². The SMILES string of the molecule is CC(CC(=O)OC(C)(C)C)C(C)NC(=O)CN1C(=O)C(C)(C)c2c(F)c(C(F)(F)F)cc(F)c21. The number of carbonyl (C=O) groups excluding carboxylic acids is 3. The molecule has 0 bridgehead atoms. The number of nitrogens with zero attached hydrogens (tertiary/aromatic N) is 1. The number of anilines is 1. The second-order valence-corrected chi connectivity index (χ2v) is 10.1. The van der Waals surface area contributed by atoms with Crippen LogP contribution >= 0.6 is 0 Å². The van der Waals surface area contributed by atoms with Crippen LogP contribution in [0.1, 0.15) is 66.0 Å². The monoisotopic (exact) mass is 492 g/mol. The van der Waals surface area contributed by atoms with Gasteiger partial charge in [-0.05, 0) is 53.5 Å². The normalized spacial score (nSPS) is 17.3. The van der Waals surface area contributed by atoms with Crippen molar-refractivity contribution >= 4 is 23.5 Å². The molecule has 0 saturated heterocycles. The Morgan fingerprint density at radius 3 is 2.21 bits per heavy atom. The minimum Gasteiger partial charge on any atom is -0.460 e. The highest BCUT2D eigenvalue weighted by molar-refractivity contribution is 6.10. The highest BCUT2D eigenvalue weighted by Gasteiger charge is 2.51. The van der Waals surface area contributed by atoms with E-state index in [4.69, 9.17) is 4.74 Å². The average Bonchev–Trinajstić information content (AvgIpc) is 2.83. The highest BCUT2D eigenvalue weighted by atomic mass is 19.4. The van der Waals surface area contributed by atoms with Crippen molar-refractivity contribution < 1.29 is 41.1 Å². The number of alkyl halides is 3. The number of fused-ring (bicyclic) bond motifs is 1. The molecule has 11 heteroatoms. The summed E-state index contributed by atoms with van der Waals surface area (Å²) in [6.07, 6.45) is -5.17. The van der Waals surface area contributed by atoms with Gasteiger partial charge in [-0.25, -0.2) is 8.78 Å². The molecule has 0 aromatic heterocycles. The average molecular weight is 492 g/mol. The van der Waals surface area contributed by atoms with Crippen LogP contribution < -0.4 is 10.2 Å². The van der Waals surface area contributed by atoms with Crippen LogP contribution in [0.25, 0.3) is 0 Å². The van der Waals surface area contributed by atoms with Crippen LogP contribution in [0, 0.1) is 17.6 Å². The summed E-state index contributed by atoms with van der Waals surface area (Å²) in [6.45, 7) is 10.1. The lowest BCUT2D eigenvalue weighted by Crippen LogP contribution is -2.46. The Balaban J connectivity index is 2.23. The first-order valence-corrected chi connectivity index (χ1v) is 10.7. The Labute approximate surface area is 194 Å². The molecule has 0 aliphatic carbocycles. The molecule has 0 fully saturated rings. The summed E-state index contributed by atoms with van der Waals surface area (Å²) in [6, 6.07) is -0.571. The lowest BCUT2D eigenvalue weighted by Gasteiger charge is -2.25. The molecule has 1 aliphatic rings. The van der Waals surface area contributed by atoms with E-state index in [0.29, 0.717) is 4.90 Å². The fourth-order valence-electron chi connectivity index (χ4n) is 3.76. The van der Waals surface area contributed by atoms with Gasteiger partial charge in [0.25, 0.3) is 0 Å². The maximum absolute atomic E-state index is 14.8. The van der Waals surface area contributed by atoms with E-state index in [1.165, 1.54) is 13.8 Å². The third-order valence-corrected chi connectivity index (χ3v) is 5.62. The van der Waals surface area contributed by atoms with Gasteiger partial charge in [0.1, 0.15) is 23.8 Å². The van der Waals surface area contributed by atoms with Crippen LogP contribution in [0.4, 0.5) is 27.6 Å². The Hall–Kier alpha value is -2.72. The summed E-state index contributed by atoms with van der Waals surface area (Å²) in [7, 11) is 0. The maximum atomic E-state index is 14.8. The Morgan fingerprint density at radius 2 is 1.71 bits per heavy atom. The summed E-state index contributed by atoms with van der Waals surface area (Å²) in [5, 5.41) is 2.59. The summed E-state index contributed by atoms with van der Waals surface area (Å²) < 4.78 is 74.2. The van der Waals surface area contributed by atoms with Crippen molar-refractivity contribution in [1.82, 2.24) is 5.32 Å². The van der Waals surface area contributed by atoms with Crippen molar-refractivity contribution in [2.24, 2.45) is 5.92 Å². The van der Waals surface area contributed by atoms with Crippen LogP contribution in [0.2, 0.25) is 0 Å². The zero-order chi connectivity index (χ0) is 26.4. The van der Waals surface area contributed by atoms with Crippen molar-refractivity contribution in [2.45, 2.75) is 78.1 Å². The molecule has 6 nitrogen and oxygen atoms in total. The molecule has 2 unspecified atom stereocenters. The van der Waals surface area contributed by atoms with Crippen LogP contribution in [0.15, 0.2) is 6.07 Å². The van der Waals surface area contributed by atoms with Gasteiger partial charge in [-0.15, -0.1) is 0 Å². The number of amides is 2. The molecule has 34 heavy (non-hydrogen) atoms. The van der Waals surface area contributed by atoms with Gasteiger partial charge in [-0.3, -0.25) is 19.3 Å². The molecular weight excluding hydrogens is 463 g/mol. The van der Waals surface area contributed by atoms with E-state index in [1.807, 2.05) is 0 Å². The second kappa shape index (κ2) is 9.14. The molecule has 2 atom stereocenters. The molecule has 0 spiro atoms. The lowest BCUT2D eigenvalue weighted by atomic mass is 9.84. The van der Waals surface area contributed by atoms with Crippen molar-refractivity contribution in [2.75, 3.05) is 11.4 Å². The maximum Gasteiger partial charge on any atom is 0.419 e. The minimum absolute atomic E-state index is 0.00269. The van der Waals surface area contributed by atoms with Gasteiger partial charge < -0.3 is 10.1 Å². The van der Waals surface area contributed by atoms with Gasteiger partial charge in [0.15, 0.2) is 0 Å². The van der Waals surface area contributed by atoms with E-state index in [1.54, 1.807) is 34.6 Å². The van der Waals surface area contributed by atoms with Gasteiger partial charge in [-0.1, -0.05) is 6.92 Å². The standard InChI is InChI=1S/C23H29F5N2O4/c1-11(8-16(32)34-21(3,4)5)12(2)29-15(31)10-30-19-14(24)9-13(23(26,27)28)18(25)17(19)22(6,7)20(30)33/h9,11-12H,8,10H2,1-7H3,(H,29,31). The van der Waals surface area contributed by atoms with Crippen molar-refractivity contribution in [3.8, 4) is 0 Å². The predicted octanol–water partition coefficient (Wildman–Crippen LogP) is 4.48. The largest absolute Gasteiger partial charge is 0.460 e. The van der Waals surface area contributed by atoms with Gasteiger partial charge in [0, 0.05) is 11.6 Å². The number of benzene rings is 1. The Bertz CT molecular complexity index is 999. The first kappa shape index (κ1) is 27.5. The number of nitrogens with one attached hydrogen (secondary N) is 1. The molecular formula is C23H29F5N2O4. The molecule has 1 aromatic rings. The van der Waals surface area contributed by atoms with Crippen LogP contribution in [-0.4, -0.2) is 36.0 Å².